The number of aromatic nitrogens is 1. The minimum absolute atomic E-state index is 0.0328. The van der Waals surface area contributed by atoms with Crippen LogP contribution in [0.2, 0.25) is 0 Å². The van der Waals surface area contributed by atoms with E-state index in [-0.39, 0.29) is 24.1 Å². The molecule has 2 aromatic rings. The quantitative estimate of drug-likeness (QED) is 0.752. The molecule has 5 nitrogen and oxygen atoms in total. The smallest absolute Gasteiger partial charge is 0.256 e. The molecule has 3 N–H and O–H groups in total. The van der Waals surface area contributed by atoms with E-state index in [1.54, 1.807) is 0 Å². The first kappa shape index (κ1) is 20.5. The molecule has 2 rings (SSSR count). The van der Waals surface area contributed by atoms with E-state index in [0.29, 0.717) is 12.5 Å². The van der Waals surface area contributed by atoms with Crippen LogP contribution in [-0.2, 0) is 9.53 Å². The second-order valence-corrected chi connectivity index (χ2v) is 7.54. The van der Waals surface area contributed by atoms with Gasteiger partial charge in [-0.2, -0.15) is 0 Å². The first-order valence-electron chi connectivity index (χ1n) is 9.55. The molecule has 0 aliphatic rings. The summed E-state index contributed by atoms with van der Waals surface area (Å²) >= 11 is 0. The van der Waals surface area contributed by atoms with Crippen LogP contribution in [0.5, 0.6) is 0 Å². The van der Waals surface area contributed by atoms with Crippen LogP contribution < -0.4 is 5.73 Å². The van der Waals surface area contributed by atoms with Crippen molar-refractivity contribution in [3.8, 4) is 0 Å². The fraction of sp³-hybridized carbons (Fsp3) is 0.571. The van der Waals surface area contributed by atoms with Crippen molar-refractivity contribution in [2.45, 2.75) is 65.8 Å². The van der Waals surface area contributed by atoms with Gasteiger partial charge in [0.15, 0.2) is 6.10 Å². The lowest BCUT2D eigenvalue weighted by atomic mass is 9.96. The number of para-hydroxylation sites is 1. The third-order valence-electron chi connectivity index (χ3n) is 4.98. The van der Waals surface area contributed by atoms with Gasteiger partial charge in [0.1, 0.15) is 0 Å². The summed E-state index contributed by atoms with van der Waals surface area (Å²) in [5.41, 5.74) is 8.22. The highest BCUT2D eigenvalue weighted by molar-refractivity contribution is 5.91. The van der Waals surface area contributed by atoms with Gasteiger partial charge in [-0.15, -0.1) is 0 Å². The molecule has 1 amide bonds. The third kappa shape index (κ3) is 4.27. The first-order valence-corrected chi connectivity index (χ1v) is 9.55. The molecule has 1 heterocycles. The zero-order chi connectivity index (χ0) is 19.4. The number of rotatable bonds is 8. The molecule has 0 spiro atoms. The average molecular weight is 360 g/mol. The summed E-state index contributed by atoms with van der Waals surface area (Å²) in [4.78, 5) is 18.5. The Morgan fingerprint density at radius 3 is 2.42 bits per heavy atom. The summed E-state index contributed by atoms with van der Waals surface area (Å²) in [5.74, 6) is 0.263. The van der Waals surface area contributed by atoms with Gasteiger partial charge in [0, 0.05) is 41.3 Å². The number of nitrogens with zero attached hydrogens (tertiary/aromatic N) is 1. The number of ether oxygens (including phenoxy) is 1. The van der Waals surface area contributed by atoms with E-state index in [4.69, 9.17) is 10.5 Å². The molecule has 3 unspecified atom stereocenters. The second-order valence-electron chi connectivity index (χ2n) is 7.54. The molecule has 0 radical (unpaired) electrons. The van der Waals surface area contributed by atoms with Crippen molar-refractivity contribution in [3.63, 3.8) is 0 Å². The Morgan fingerprint density at radius 1 is 1.19 bits per heavy atom. The standard InChI is InChI=1S/C21H33N3O2/c1-7-24(15(6)19(22)13(2)3)21(25)20(26-14(4)5)17-12-23-18-11-9-8-10-16(17)18/h8-15,19-20,23H,7,22H2,1-6H3. The van der Waals surface area contributed by atoms with Crippen LogP contribution in [0.3, 0.4) is 0 Å². The summed E-state index contributed by atoms with van der Waals surface area (Å²) < 4.78 is 6.09. The number of benzene rings is 1. The summed E-state index contributed by atoms with van der Waals surface area (Å²) in [7, 11) is 0. The van der Waals surface area contributed by atoms with E-state index in [1.165, 1.54) is 0 Å². The Bertz CT molecular complexity index is 723. The predicted octanol–water partition coefficient (Wildman–Crippen LogP) is 3.85. The lowest BCUT2D eigenvalue weighted by Crippen LogP contribution is -2.52. The lowest BCUT2D eigenvalue weighted by molar-refractivity contribution is -0.149. The number of nitrogens with two attached hydrogens (primary N) is 1. The average Bonchev–Trinajstić information content (AvgIpc) is 3.02. The van der Waals surface area contributed by atoms with Crippen molar-refractivity contribution in [3.05, 3.63) is 36.0 Å². The molecule has 0 aliphatic heterocycles. The highest BCUT2D eigenvalue weighted by Gasteiger charge is 2.33. The Morgan fingerprint density at radius 2 is 1.85 bits per heavy atom. The van der Waals surface area contributed by atoms with Crippen LogP contribution in [0.1, 0.15) is 53.2 Å². The molecule has 1 aromatic heterocycles. The molecule has 144 valence electrons. The Labute approximate surface area is 156 Å². The summed E-state index contributed by atoms with van der Waals surface area (Å²) in [6.45, 7) is 12.7. The van der Waals surface area contributed by atoms with E-state index < -0.39 is 6.10 Å². The monoisotopic (exact) mass is 359 g/mol. The topological polar surface area (TPSA) is 71.3 Å². The van der Waals surface area contributed by atoms with Gasteiger partial charge in [-0.05, 0) is 39.7 Å². The van der Waals surface area contributed by atoms with Crippen molar-refractivity contribution in [1.82, 2.24) is 9.88 Å². The molecule has 1 aromatic carbocycles. The maximum atomic E-state index is 13.5. The number of likely N-dealkylation sites (N-methyl/N-ethyl adjacent to an activating group) is 1. The number of H-pyrrole nitrogens is 1. The zero-order valence-corrected chi connectivity index (χ0v) is 16.8. The third-order valence-corrected chi connectivity index (χ3v) is 4.98. The van der Waals surface area contributed by atoms with Gasteiger partial charge in [-0.3, -0.25) is 4.79 Å². The molecular formula is C21H33N3O2. The van der Waals surface area contributed by atoms with Crippen LogP contribution in [-0.4, -0.2) is 40.5 Å². The maximum Gasteiger partial charge on any atom is 0.256 e. The minimum Gasteiger partial charge on any atom is -0.361 e. The molecular weight excluding hydrogens is 326 g/mol. The predicted molar refractivity (Wildman–Crippen MR) is 107 cm³/mol. The molecule has 0 saturated carbocycles. The largest absolute Gasteiger partial charge is 0.361 e. The van der Waals surface area contributed by atoms with Crippen LogP contribution in [0.25, 0.3) is 10.9 Å². The van der Waals surface area contributed by atoms with E-state index in [1.807, 2.05) is 63.1 Å². The van der Waals surface area contributed by atoms with Crippen molar-refractivity contribution < 1.29 is 9.53 Å². The van der Waals surface area contributed by atoms with E-state index in [0.717, 1.165) is 16.5 Å². The molecule has 26 heavy (non-hydrogen) atoms. The van der Waals surface area contributed by atoms with Gasteiger partial charge in [-0.25, -0.2) is 0 Å². The number of fused-ring (bicyclic) bond motifs is 1. The van der Waals surface area contributed by atoms with Crippen LogP contribution >= 0.6 is 0 Å². The fourth-order valence-corrected chi connectivity index (χ4v) is 3.41. The van der Waals surface area contributed by atoms with Gasteiger partial charge in [0.25, 0.3) is 5.91 Å². The van der Waals surface area contributed by atoms with Crippen LogP contribution in [0.15, 0.2) is 30.5 Å². The van der Waals surface area contributed by atoms with Gasteiger partial charge in [-0.1, -0.05) is 32.0 Å². The SMILES string of the molecule is CCN(C(=O)C(OC(C)C)c1c[nH]c2ccccc12)C(C)C(N)C(C)C. The number of amides is 1. The number of hydrogen-bond acceptors (Lipinski definition) is 3. The van der Waals surface area contributed by atoms with Crippen molar-refractivity contribution in [1.29, 1.82) is 0 Å². The number of nitrogens with one attached hydrogen (secondary N) is 1. The molecule has 0 saturated heterocycles. The van der Waals surface area contributed by atoms with Gasteiger partial charge < -0.3 is 20.4 Å². The molecule has 0 bridgehead atoms. The maximum absolute atomic E-state index is 13.5. The number of hydrogen-bond donors (Lipinski definition) is 2. The summed E-state index contributed by atoms with van der Waals surface area (Å²) in [6.07, 6.45) is 1.18. The summed E-state index contributed by atoms with van der Waals surface area (Å²) in [6, 6.07) is 7.84. The van der Waals surface area contributed by atoms with Gasteiger partial charge in [0.05, 0.1) is 6.10 Å². The summed E-state index contributed by atoms with van der Waals surface area (Å²) in [5, 5.41) is 1.02. The Hall–Kier alpha value is -1.85. The highest BCUT2D eigenvalue weighted by atomic mass is 16.5. The van der Waals surface area contributed by atoms with E-state index in [2.05, 4.69) is 18.8 Å². The Balaban J connectivity index is 2.40. The second kappa shape index (κ2) is 8.69. The fourth-order valence-electron chi connectivity index (χ4n) is 3.41. The van der Waals surface area contributed by atoms with Crippen LogP contribution in [0.4, 0.5) is 0 Å². The van der Waals surface area contributed by atoms with Gasteiger partial charge in [0.2, 0.25) is 0 Å². The number of aromatic amines is 1. The number of carbonyl (C=O) groups excluding carboxylic acids is 1. The highest BCUT2D eigenvalue weighted by Crippen LogP contribution is 2.30. The minimum atomic E-state index is -0.645. The van der Waals surface area contributed by atoms with E-state index >= 15 is 0 Å². The van der Waals surface area contributed by atoms with Crippen LogP contribution in [0, 0.1) is 5.92 Å². The van der Waals surface area contributed by atoms with E-state index in [9.17, 15) is 4.79 Å². The molecule has 3 atom stereocenters. The van der Waals surface area contributed by atoms with Gasteiger partial charge >= 0.3 is 0 Å². The first-order chi connectivity index (χ1) is 12.3. The molecule has 0 fully saturated rings. The molecule has 0 aliphatic carbocycles. The normalized spacial score (nSPS) is 15.4. The lowest BCUT2D eigenvalue weighted by Gasteiger charge is -2.36. The van der Waals surface area contributed by atoms with Crippen molar-refractivity contribution in [2.24, 2.45) is 11.7 Å². The van der Waals surface area contributed by atoms with Crippen molar-refractivity contribution >= 4 is 16.8 Å². The zero-order valence-electron chi connectivity index (χ0n) is 16.8. The Kier molecular flexibility index (Phi) is 6.84. The molecule has 5 heteroatoms. The van der Waals surface area contributed by atoms with Crippen molar-refractivity contribution in [2.75, 3.05) is 6.54 Å². The number of carbonyl (C=O) groups is 1.